The first-order valence-corrected chi connectivity index (χ1v) is 10.2. The van der Waals surface area contributed by atoms with Crippen LogP contribution in [0.15, 0.2) is 47.4 Å². The molecule has 27 heavy (non-hydrogen) atoms. The Bertz CT molecular complexity index is 948. The molecule has 0 heterocycles. The largest absolute Gasteiger partial charge is 0.447 e. The highest BCUT2D eigenvalue weighted by Crippen LogP contribution is 2.26. The van der Waals surface area contributed by atoms with Crippen LogP contribution in [0.1, 0.15) is 46.8 Å². The summed E-state index contributed by atoms with van der Waals surface area (Å²) in [4.78, 5) is 12.1. The van der Waals surface area contributed by atoms with Crippen LogP contribution in [0.25, 0.3) is 0 Å². The van der Waals surface area contributed by atoms with Gasteiger partial charge in [0.1, 0.15) is 6.07 Å². The lowest BCUT2D eigenvalue weighted by molar-refractivity contribution is 0.0554. The number of nitrogens with zero attached hydrogens (tertiary/aromatic N) is 1. The number of sulfonamides is 1. The fraction of sp³-hybridized carbons (Fsp3) is 0.300. The lowest BCUT2D eigenvalue weighted by Gasteiger charge is -2.16. The van der Waals surface area contributed by atoms with Gasteiger partial charge in [-0.1, -0.05) is 43.7 Å². The minimum Gasteiger partial charge on any atom is -0.447 e. The van der Waals surface area contributed by atoms with Gasteiger partial charge in [-0.15, -0.1) is 0 Å². The number of nitrogens with two attached hydrogens (primary N) is 1. The van der Waals surface area contributed by atoms with Crippen LogP contribution >= 0.6 is 0 Å². The first-order valence-electron chi connectivity index (χ1n) is 8.63. The Labute approximate surface area is 159 Å². The molecule has 142 valence electrons. The predicted octanol–water partition coefficient (Wildman–Crippen LogP) is 2.95. The van der Waals surface area contributed by atoms with E-state index in [-0.39, 0.29) is 10.5 Å². The SMILES string of the molecule is CCCCc1cc(C(=O)OCC#N)cc(S(N)(=O)=O)c1Cc1ccccc1. The smallest absolute Gasteiger partial charge is 0.339 e. The van der Waals surface area contributed by atoms with Gasteiger partial charge in [0.05, 0.1) is 10.5 Å². The molecule has 0 fully saturated rings. The third-order valence-corrected chi connectivity index (χ3v) is 5.11. The Morgan fingerprint density at radius 3 is 2.52 bits per heavy atom. The van der Waals surface area contributed by atoms with Gasteiger partial charge in [-0.3, -0.25) is 0 Å². The van der Waals surface area contributed by atoms with Crippen molar-refractivity contribution < 1.29 is 17.9 Å². The summed E-state index contributed by atoms with van der Waals surface area (Å²) in [5.41, 5.74) is 2.36. The maximum Gasteiger partial charge on any atom is 0.339 e. The summed E-state index contributed by atoms with van der Waals surface area (Å²) in [5.74, 6) is -0.745. The van der Waals surface area contributed by atoms with Gasteiger partial charge in [-0.25, -0.2) is 18.4 Å². The Hall–Kier alpha value is -2.69. The highest BCUT2D eigenvalue weighted by Gasteiger charge is 2.22. The normalized spacial score (nSPS) is 11.0. The fourth-order valence-corrected chi connectivity index (χ4v) is 3.68. The van der Waals surface area contributed by atoms with E-state index in [4.69, 9.17) is 15.1 Å². The van der Waals surface area contributed by atoms with Gasteiger partial charge in [0, 0.05) is 0 Å². The van der Waals surface area contributed by atoms with Crippen molar-refractivity contribution in [3.05, 3.63) is 64.7 Å². The van der Waals surface area contributed by atoms with Gasteiger partial charge in [0.25, 0.3) is 0 Å². The van der Waals surface area contributed by atoms with E-state index in [1.807, 2.05) is 37.3 Å². The second kappa shape index (κ2) is 9.31. The first kappa shape index (κ1) is 20.6. The molecule has 0 aliphatic carbocycles. The highest BCUT2D eigenvalue weighted by molar-refractivity contribution is 7.89. The Morgan fingerprint density at radius 1 is 1.22 bits per heavy atom. The summed E-state index contributed by atoms with van der Waals surface area (Å²) >= 11 is 0. The van der Waals surface area contributed by atoms with Crippen LogP contribution in [-0.2, 0) is 27.6 Å². The molecule has 0 amide bonds. The quantitative estimate of drug-likeness (QED) is 0.701. The summed E-state index contributed by atoms with van der Waals surface area (Å²) < 4.78 is 29.3. The third-order valence-electron chi connectivity index (χ3n) is 4.13. The van der Waals surface area contributed by atoms with Crippen LogP contribution in [0.3, 0.4) is 0 Å². The topological polar surface area (TPSA) is 110 Å². The number of carbonyl (C=O) groups is 1. The molecule has 0 radical (unpaired) electrons. The Balaban J connectivity index is 2.60. The molecule has 0 unspecified atom stereocenters. The second-order valence-electron chi connectivity index (χ2n) is 6.16. The molecular formula is C20H22N2O4S. The standard InChI is InChI=1S/C20H22N2O4S/c1-2-3-9-16-13-17(20(23)26-11-10-21)14-19(27(22,24)25)18(16)12-15-7-5-4-6-8-15/h4-8,13-14H,2-3,9,11-12H2,1H3,(H2,22,24,25). The molecule has 0 saturated heterocycles. The minimum atomic E-state index is -4.05. The predicted molar refractivity (Wildman–Crippen MR) is 102 cm³/mol. The van der Waals surface area contributed by atoms with Crippen LogP contribution in [0.4, 0.5) is 0 Å². The van der Waals surface area contributed by atoms with E-state index in [1.165, 1.54) is 6.07 Å². The van der Waals surface area contributed by atoms with Gasteiger partial charge in [-0.2, -0.15) is 5.26 Å². The summed E-state index contributed by atoms with van der Waals surface area (Å²) in [6.45, 7) is 1.63. The molecule has 6 nitrogen and oxygen atoms in total. The van der Waals surface area contributed by atoms with Crippen molar-refractivity contribution >= 4 is 16.0 Å². The van der Waals surface area contributed by atoms with Crippen molar-refractivity contribution in [3.63, 3.8) is 0 Å². The van der Waals surface area contributed by atoms with E-state index < -0.39 is 22.6 Å². The molecule has 0 aliphatic rings. The molecule has 0 aromatic heterocycles. The molecule has 2 aromatic carbocycles. The van der Waals surface area contributed by atoms with E-state index in [2.05, 4.69) is 0 Å². The van der Waals surface area contributed by atoms with Crippen molar-refractivity contribution in [1.82, 2.24) is 0 Å². The number of primary sulfonamides is 1. The van der Waals surface area contributed by atoms with Crippen molar-refractivity contribution in [2.45, 2.75) is 37.5 Å². The molecule has 0 bridgehead atoms. The van der Waals surface area contributed by atoms with Crippen LogP contribution in [-0.4, -0.2) is 21.0 Å². The third kappa shape index (κ3) is 5.64. The van der Waals surface area contributed by atoms with Crippen LogP contribution in [0.5, 0.6) is 0 Å². The first-order chi connectivity index (χ1) is 12.9. The maximum atomic E-state index is 12.2. The zero-order valence-corrected chi connectivity index (χ0v) is 16.0. The summed E-state index contributed by atoms with van der Waals surface area (Å²) in [6, 6.07) is 14.1. The number of benzene rings is 2. The molecule has 2 rings (SSSR count). The molecule has 7 heteroatoms. The van der Waals surface area contributed by atoms with E-state index in [0.29, 0.717) is 18.4 Å². The zero-order chi connectivity index (χ0) is 19.9. The number of ether oxygens (including phenoxy) is 1. The lowest BCUT2D eigenvalue weighted by atomic mass is 9.94. The van der Waals surface area contributed by atoms with E-state index in [1.54, 1.807) is 12.1 Å². The van der Waals surface area contributed by atoms with E-state index in [9.17, 15) is 13.2 Å². The van der Waals surface area contributed by atoms with Crippen molar-refractivity contribution in [1.29, 1.82) is 5.26 Å². The molecule has 0 aliphatic heterocycles. The second-order valence-corrected chi connectivity index (χ2v) is 7.69. The van der Waals surface area contributed by atoms with Crippen molar-refractivity contribution in [2.24, 2.45) is 5.14 Å². The number of aryl methyl sites for hydroxylation is 1. The number of carbonyl (C=O) groups excluding carboxylic acids is 1. The van der Waals surface area contributed by atoms with Crippen molar-refractivity contribution in [2.75, 3.05) is 6.61 Å². The van der Waals surface area contributed by atoms with E-state index >= 15 is 0 Å². The molecule has 2 N–H and O–H groups in total. The van der Waals surface area contributed by atoms with Crippen LogP contribution in [0.2, 0.25) is 0 Å². The van der Waals surface area contributed by atoms with Gasteiger partial charge in [0.2, 0.25) is 10.0 Å². The number of hydrogen-bond acceptors (Lipinski definition) is 5. The van der Waals surface area contributed by atoms with Gasteiger partial charge in [-0.05, 0) is 48.1 Å². The molecule has 0 spiro atoms. The molecule has 0 atom stereocenters. The summed E-state index contributed by atoms with van der Waals surface area (Å²) in [7, 11) is -4.05. The molecule has 2 aromatic rings. The monoisotopic (exact) mass is 386 g/mol. The number of nitriles is 1. The van der Waals surface area contributed by atoms with Gasteiger partial charge < -0.3 is 4.74 Å². The number of esters is 1. The number of unbranched alkanes of at least 4 members (excludes halogenated alkanes) is 1. The van der Waals surface area contributed by atoms with Crippen LogP contribution in [0, 0.1) is 11.3 Å². The van der Waals surface area contributed by atoms with Gasteiger partial charge in [0.15, 0.2) is 6.61 Å². The summed E-state index contributed by atoms with van der Waals surface area (Å²) in [6.07, 6.45) is 2.75. The minimum absolute atomic E-state index is 0.0798. The average Bonchev–Trinajstić information content (AvgIpc) is 2.64. The molecular weight excluding hydrogens is 364 g/mol. The highest BCUT2D eigenvalue weighted by atomic mass is 32.2. The average molecular weight is 386 g/mol. The van der Waals surface area contributed by atoms with Crippen molar-refractivity contribution in [3.8, 4) is 6.07 Å². The maximum absolute atomic E-state index is 12.2. The van der Waals surface area contributed by atoms with E-state index in [0.717, 1.165) is 24.0 Å². The lowest BCUT2D eigenvalue weighted by Crippen LogP contribution is -2.18. The fourth-order valence-electron chi connectivity index (χ4n) is 2.85. The molecule has 0 saturated carbocycles. The zero-order valence-electron chi connectivity index (χ0n) is 15.1. The Morgan fingerprint density at radius 2 is 1.93 bits per heavy atom. The van der Waals surface area contributed by atoms with Gasteiger partial charge >= 0.3 is 5.97 Å². The van der Waals surface area contributed by atoms with Crippen LogP contribution < -0.4 is 5.14 Å². The summed E-state index contributed by atoms with van der Waals surface area (Å²) in [5, 5.41) is 14.0. The Kier molecular flexibility index (Phi) is 7.11. The number of hydrogen-bond donors (Lipinski definition) is 1. The number of rotatable bonds is 8.